The molecule has 130 valence electrons. The molecule has 0 radical (unpaired) electrons. The number of halogens is 1. The minimum absolute atomic E-state index is 0.219. The van der Waals surface area contributed by atoms with Crippen LogP contribution in [0.4, 0.5) is 4.39 Å². The van der Waals surface area contributed by atoms with Crippen molar-refractivity contribution < 1.29 is 9.13 Å². The van der Waals surface area contributed by atoms with E-state index in [0.29, 0.717) is 24.0 Å². The molecule has 0 aliphatic carbocycles. The third-order valence-electron chi connectivity index (χ3n) is 3.56. The highest BCUT2D eigenvalue weighted by atomic mass is 19.1. The number of aliphatic imine (C=N–C) groups is 1. The van der Waals surface area contributed by atoms with E-state index in [0.717, 1.165) is 26.1 Å². The lowest BCUT2D eigenvalue weighted by Gasteiger charge is -2.21. The minimum Gasteiger partial charge on any atom is -0.378 e. The number of benzene rings is 1. The lowest BCUT2D eigenvalue weighted by atomic mass is 10.0. The summed E-state index contributed by atoms with van der Waals surface area (Å²) in [6.07, 6.45) is 1.15. The van der Waals surface area contributed by atoms with Crippen molar-refractivity contribution in [3.63, 3.8) is 0 Å². The molecular formula is C18H30FN3O. The lowest BCUT2D eigenvalue weighted by Crippen LogP contribution is -2.39. The minimum atomic E-state index is -0.219. The Bertz CT molecular complexity index is 477. The van der Waals surface area contributed by atoms with Gasteiger partial charge in [0.15, 0.2) is 5.96 Å². The normalized spacial score (nSPS) is 13.2. The first-order valence-corrected chi connectivity index (χ1v) is 8.45. The highest BCUT2D eigenvalue weighted by molar-refractivity contribution is 5.79. The Morgan fingerprint density at radius 3 is 2.57 bits per heavy atom. The predicted octanol–water partition coefficient (Wildman–Crippen LogP) is 3.33. The molecular weight excluding hydrogens is 293 g/mol. The Morgan fingerprint density at radius 2 is 1.96 bits per heavy atom. The van der Waals surface area contributed by atoms with Gasteiger partial charge < -0.3 is 15.4 Å². The first-order chi connectivity index (χ1) is 11.1. The molecule has 1 rings (SSSR count). The van der Waals surface area contributed by atoms with Gasteiger partial charge in [-0.1, -0.05) is 32.0 Å². The fraction of sp³-hybridized carbons (Fsp3) is 0.611. The molecule has 0 fully saturated rings. The molecule has 1 aromatic carbocycles. The fourth-order valence-electron chi connectivity index (χ4n) is 2.29. The summed E-state index contributed by atoms with van der Waals surface area (Å²) in [6, 6.07) is 6.72. The highest BCUT2D eigenvalue weighted by Gasteiger charge is 2.13. The maximum atomic E-state index is 13.6. The van der Waals surface area contributed by atoms with Gasteiger partial charge in [0.2, 0.25) is 0 Å². The molecule has 0 aliphatic heterocycles. The number of hydrogen-bond acceptors (Lipinski definition) is 2. The molecule has 0 bridgehead atoms. The van der Waals surface area contributed by atoms with Crippen molar-refractivity contribution in [2.45, 2.75) is 46.8 Å². The van der Waals surface area contributed by atoms with Crippen LogP contribution in [0, 0.1) is 11.7 Å². The molecule has 0 saturated carbocycles. The van der Waals surface area contributed by atoms with Gasteiger partial charge in [0.25, 0.3) is 0 Å². The number of rotatable bonds is 9. The van der Waals surface area contributed by atoms with E-state index in [4.69, 9.17) is 4.74 Å². The standard InChI is InChI=1S/C18H30FN3O/c1-5-20-18(21-12-11-17(14(3)4)23-6-2)22-13-15-9-7-8-10-16(15)19/h7-10,14,17H,5-6,11-13H2,1-4H3,(H2,20,21,22). The van der Waals surface area contributed by atoms with Crippen LogP contribution in [-0.4, -0.2) is 31.8 Å². The van der Waals surface area contributed by atoms with Crippen LogP contribution in [0.5, 0.6) is 0 Å². The average Bonchev–Trinajstić information content (AvgIpc) is 2.52. The number of ether oxygens (including phenoxy) is 1. The third kappa shape index (κ3) is 7.46. The van der Waals surface area contributed by atoms with Crippen LogP contribution in [0.15, 0.2) is 29.3 Å². The molecule has 0 amide bonds. The summed E-state index contributed by atoms with van der Waals surface area (Å²) in [5.74, 6) is 0.966. The molecule has 4 nitrogen and oxygen atoms in total. The summed E-state index contributed by atoms with van der Waals surface area (Å²) in [7, 11) is 0. The number of hydrogen-bond donors (Lipinski definition) is 2. The van der Waals surface area contributed by atoms with Crippen molar-refractivity contribution in [3.8, 4) is 0 Å². The van der Waals surface area contributed by atoms with Crippen molar-refractivity contribution in [2.24, 2.45) is 10.9 Å². The number of guanidine groups is 1. The van der Waals surface area contributed by atoms with Crippen LogP contribution in [0.25, 0.3) is 0 Å². The van der Waals surface area contributed by atoms with E-state index >= 15 is 0 Å². The Labute approximate surface area is 139 Å². The quantitative estimate of drug-likeness (QED) is 0.541. The first-order valence-electron chi connectivity index (χ1n) is 8.45. The van der Waals surface area contributed by atoms with E-state index in [1.807, 2.05) is 19.9 Å². The van der Waals surface area contributed by atoms with Crippen LogP contribution in [-0.2, 0) is 11.3 Å². The topological polar surface area (TPSA) is 45.7 Å². The van der Waals surface area contributed by atoms with Gasteiger partial charge in [-0.2, -0.15) is 0 Å². The zero-order valence-corrected chi connectivity index (χ0v) is 14.7. The molecule has 1 aromatic rings. The van der Waals surface area contributed by atoms with Gasteiger partial charge in [-0.25, -0.2) is 9.38 Å². The van der Waals surface area contributed by atoms with Gasteiger partial charge in [-0.15, -0.1) is 0 Å². The second-order valence-corrected chi connectivity index (χ2v) is 5.74. The second kappa shape index (κ2) is 11.0. The second-order valence-electron chi connectivity index (χ2n) is 5.74. The van der Waals surface area contributed by atoms with Crippen molar-refractivity contribution >= 4 is 5.96 Å². The first kappa shape index (κ1) is 19.4. The van der Waals surface area contributed by atoms with Crippen molar-refractivity contribution in [1.82, 2.24) is 10.6 Å². The summed E-state index contributed by atoms with van der Waals surface area (Å²) in [4.78, 5) is 4.45. The van der Waals surface area contributed by atoms with Gasteiger partial charge in [-0.3, -0.25) is 0 Å². The molecule has 1 unspecified atom stereocenters. The summed E-state index contributed by atoms with van der Waals surface area (Å²) in [5, 5.41) is 6.47. The van der Waals surface area contributed by atoms with Crippen LogP contribution >= 0.6 is 0 Å². The van der Waals surface area contributed by atoms with E-state index < -0.39 is 0 Å². The summed E-state index contributed by atoms with van der Waals surface area (Å²) < 4.78 is 19.4. The fourth-order valence-corrected chi connectivity index (χ4v) is 2.29. The number of nitrogens with zero attached hydrogens (tertiary/aromatic N) is 1. The van der Waals surface area contributed by atoms with Crippen molar-refractivity contribution in [1.29, 1.82) is 0 Å². The largest absolute Gasteiger partial charge is 0.378 e. The zero-order valence-electron chi connectivity index (χ0n) is 14.7. The average molecular weight is 323 g/mol. The Morgan fingerprint density at radius 1 is 1.22 bits per heavy atom. The summed E-state index contributed by atoms with van der Waals surface area (Å²) in [6.45, 7) is 10.9. The van der Waals surface area contributed by atoms with Crippen LogP contribution in [0.2, 0.25) is 0 Å². The highest BCUT2D eigenvalue weighted by Crippen LogP contribution is 2.10. The van der Waals surface area contributed by atoms with Crippen molar-refractivity contribution in [2.75, 3.05) is 19.7 Å². The molecule has 0 saturated heterocycles. The van der Waals surface area contributed by atoms with Crippen LogP contribution in [0.3, 0.4) is 0 Å². The summed E-state index contributed by atoms with van der Waals surface area (Å²) in [5.41, 5.74) is 0.596. The van der Waals surface area contributed by atoms with E-state index in [1.165, 1.54) is 6.07 Å². The van der Waals surface area contributed by atoms with Crippen molar-refractivity contribution in [3.05, 3.63) is 35.6 Å². The molecule has 23 heavy (non-hydrogen) atoms. The smallest absolute Gasteiger partial charge is 0.191 e. The van der Waals surface area contributed by atoms with Gasteiger partial charge in [-0.05, 0) is 32.3 Å². The molecule has 0 aromatic heterocycles. The summed E-state index contributed by atoms with van der Waals surface area (Å²) >= 11 is 0. The maximum Gasteiger partial charge on any atom is 0.191 e. The predicted molar refractivity (Wildman–Crippen MR) is 94.1 cm³/mol. The zero-order chi connectivity index (χ0) is 17.1. The van der Waals surface area contributed by atoms with Gasteiger partial charge in [0, 0.05) is 25.3 Å². The van der Waals surface area contributed by atoms with Gasteiger partial charge in [0.05, 0.1) is 12.6 Å². The van der Waals surface area contributed by atoms with Gasteiger partial charge in [0.1, 0.15) is 5.82 Å². The van der Waals surface area contributed by atoms with E-state index in [1.54, 1.807) is 12.1 Å². The SMILES string of the molecule is CCNC(=NCc1ccccc1F)NCCC(OCC)C(C)C. The molecule has 0 spiro atoms. The van der Waals surface area contributed by atoms with E-state index in [9.17, 15) is 4.39 Å². The third-order valence-corrected chi connectivity index (χ3v) is 3.56. The Kier molecular flexibility index (Phi) is 9.29. The molecule has 1 atom stereocenters. The van der Waals surface area contributed by atoms with Gasteiger partial charge >= 0.3 is 0 Å². The Hall–Kier alpha value is -1.62. The molecule has 0 heterocycles. The lowest BCUT2D eigenvalue weighted by molar-refractivity contribution is 0.0258. The van der Waals surface area contributed by atoms with Crippen LogP contribution in [0.1, 0.15) is 39.7 Å². The number of nitrogens with one attached hydrogen (secondary N) is 2. The van der Waals surface area contributed by atoms with E-state index in [-0.39, 0.29) is 11.9 Å². The monoisotopic (exact) mass is 323 g/mol. The maximum absolute atomic E-state index is 13.6. The molecule has 2 N–H and O–H groups in total. The van der Waals surface area contributed by atoms with Crippen LogP contribution < -0.4 is 10.6 Å². The van der Waals surface area contributed by atoms with E-state index in [2.05, 4.69) is 29.5 Å². The molecule has 5 heteroatoms. The molecule has 0 aliphatic rings. The Balaban J connectivity index is 2.54.